The third-order valence-electron chi connectivity index (χ3n) is 2.24. The zero-order chi connectivity index (χ0) is 13.7. The van der Waals surface area contributed by atoms with Gasteiger partial charge in [0, 0.05) is 4.90 Å². The highest BCUT2D eigenvalue weighted by Crippen LogP contribution is 2.14. The summed E-state index contributed by atoms with van der Waals surface area (Å²) in [5, 5.41) is 17.0. The molecule has 1 heterocycles. The van der Waals surface area contributed by atoms with Gasteiger partial charge in [-0.15, -0.1) is 22.0 Å². The maximum absolute atomic E-state index is 11.0. The second kappa shape index (κ2) is 6.05. The van der Waals surface area contributed by atoms with Crippen LogP contribution in [0.1, 0.15) is 5.56 Å². The largest absolute Gasteiger partial charge is 0.365 e. The predicted molar refractivity (Wildman–Crippen MR) is 75.8 cm³/mol. The fourth-order valence-corrected chi connectivity index (χ4v) is 1.69. The summed E-state index contributed by atoms with van der Waals surface area (Å²) in [5.74, 6) is 0.206. The number of thioether (sulfide) groups is 1. The number of azo groups is 1. The number of carbonyl (C=O) groups is 1. The number of amidine groups is 1. The minimum atomic E-state index is -0.578. The quantitative estimate of drug-likeness (QED) is 0.522. The summed E-state index contributed by atoms with van der Waals surface area (Å²) in [4.78, 5) is 12.2. The number of hydrogen-bond acceptors (Lipinski definition) is 5. The van der Waals surface area contributed by atoms with E-state index >= 15 is 0 Å². The molecule has 0 radical (unpaired) electrons. The van der Waals surface area contributed by atoms with E-state index in [9.17, 15) is 4.79 Å². The number of hydrogen-bond donors (Lipinski definition) is 1. The molecule has 0 saturated heterocycles. The first-order chi connectivity index (χ1) is 9.19. The van der Waals surface area contributed by atoms with Crippen molar-refractivity contribution in [3.05, 3.63) is 42.1 Å². The van der Waals surface area contributed by atoms with Crippen molar-refractivity contribution >= 4 is 29.8 Å². The maximum atomic E-state index is 11.0. The van der Waals surface area contributed by atoms with Gasteiger partial charge < -0.3 is 0 Å². The van der Waals surface area contributed by atoms with E-state index in [1.54, 1.807) is 18.0 Å². The van der Waals surface area contributed by atoms with E-state index in [0.29, 0.717) is 0 Å². The first-order valence-corrected chi connectivity index (χ1v) is 6.58. The Morgan fingerprint density at radius 1 is 1.32 bits per heavy atom. The van der Waals surface area contributed by atoms with Crippen LogP contribution in [0.15, 0.2) is 61.9 Å². The molecule has 96 valence electrons. The Balaban J connectivity index is 2.08. The average molecular weight is 273 g/mol. The zero-order valence-corrected chi connectivity index (χ0v) is 11.0. The van der Waals surface area contributed by atoms with Crippen molar-refractivity contribution in [2.75, 3.05) is 6.26 Å². The molecule has 1 aliphatic rings. The molecule has 0 saturated carbocycles. The van der Waals surface area contributed by atoms with E-state index in [1.165, 1.54) is 4.90 Å². The summed E-state index contributed by atoms with van der Waals surface area (Å²) in [7, 11) is 0. The van der Waals surface area contributed by atoms with E-state index in [-0.39, 0.29) is 11.5 Å². The predicted octanol–water partition coefficient (Wildman–Crippen LogP) is 2.83. The van der Waals surface area contributed by atoms with Crippen LogP contribution in [0.3, 0.4) is 0 Å². The molecule has 1 N–H and O–H groups in total. The van der Waals surface area contributed by atoms with E-state index in [4.69, 9.17) is 0 Å². The number of urea groups is 1. The number of carbonyl (C=O) groups excluding carboxylic acids is 1. The van der Waals surface area contributed by atoms with Gasteiger partial charge in [-0.05, 0) is 24.0 Å². The summed E-state index contributed by atoms with van der Waals surface area (Å²) < 4.78 is 0. The highest BCUT2D eigenvalue weighted by atomic mass is 32.2. The summed E-state index contributed by atoms with van der Waals surface area (Å²) in [6, 6.07) is 7.28. The Labute approximate surface area is 114 Å². The molecule has 19 heavy (non-hydrogen) atoms. The third-order valence-corrected chi connectivity index (χ3v) is 2.98. The van der Waals surface area contributed by atoms with Crippen LogP contribution in [-0.4, -0.2) is 24.3 Å². The van der Waals surface area contributed by atoms with Gasteiger partial charge in [-0.3, -0.25) is 5.32 Å². The Bertz CT molecular complexity index is 589. The molecule has 0 aliphatic carbocycles. The van der Waals surface area contributed by atoms with Crippen molar-refractivity contribution in [2.24, 2.45) is 20.4 Å². The van der Waals surface area contributed by atoms with Crippen molar-refractivity contribution in [1.29, 1.82) is 0 Å². The van der Waals surface area contributed by atoms with E-state index in [1.807, 2.05) is 30.5 Å². The minimum Gasteiger partial charge on any atom is -0.286 e. The molecular weight excluding hydrogens is 262 g/mol. The standard InChI is InChI=1S/C12H11N5OS/c1-8-11(14-12(18)17-15-8)16-13-7-9-3-5-10(19-2)6-4-9/h3-7H,1H2,2H3,(H,14,16,18)/b13-7+. The topological polar surface area (TPSA) is 78.5 Å². The van der Waals surface area contributed by atoms with Crippen LogP contribution in [0.2, 0.25) is 0 Å². The highest BCUT2D eigenvalue weighted by molar-refractivity contribution is 7.98. The van der Waals surface area contributed by atoms with Crippen LogP contribution >= 0.6 is 11.8 Å². The second-order valence-electron chi connectivity index (χ2n) is 3.54. The van der Waals surface area contributed by atoms with Crippen molar-refractivity contribution in [2.45, 2.75) is 4.90 Å². The van der Waals surface area contributed by atoms with Gasteiger partial charge in [0.05, 0.1) is 6.21 Å². The van der Waals surface area contributed by atoms with Crippen molar-refractivity contribution in [3.8, 4) is 0 Å². The average Bonchev–Trinajstić information content (AvgIpc) is 2.43. The SMILES string of the molecule is C=C1N=NC(=O)N/C1=N/N=C/c1ccc(SC)cc1. The summed E-state index contributed by atoms with van der Waals surface area (Å²) in [6.45, 7) is 3.60. The molecule has 0 unspecified atom stereocenters. The first-order valence-electron chi connectivity index (χ1n) is 5.36. The summed E-state index contributed by atoms with van der Waals surface area (Å²) >= 11 is 1.67. The number of benzene rings is 1. The lowest BCUT2D eigenvalue weighted by molar-refractivity contribution is 0.251. The molecule has 1 aromatic rings. The van der Waals surface area contributed by atoms with E-state index in [0.717, 1.165) is 5.56 Å². The van der Waals surface area contributed by atoms with Crippen LogP contribution in [0.4, 0.5) is 4.79 Å². The molecule has 2 rings (SSSR count). The normalized spacial score (nSPS) is 17.2. The lowest BCUT2D eigenvalue weighted by Crippen LogP contribution is -2.31. The van der Waals surface area contributed by atoms with Crippen LogP contribution in [-0.2, 0) is 0 Å². The molecule has 1 aromatic carbocycles. The first kappa shape index (κ1) is 13.2. The third kappa shape index (κ3) is 3.59. The van der Waals surface area contributed by atoms with Crippen molar-refractivity contribution in [1.82, 2.24) is 5.32 Å². The van der Waals surface area contributed by atoms with Crippen LogP contribution in [0.5, 0.6) is 0 Å². The molecular formula is C12H11N5OS. The number of nitrogens with zero attached hydrogens (tertiary/aromatic N) is 4. The molecule has 0 spiro atoms. The molecule has 0 bridgehead atoms. The van der Waals surface area contributed by atoms with Gasteiger partial charge in [0.15, 0.2) is 5.84 Å². The molecule has 2 amide bonds. The van der Waals surface area contributed by atoms with Gasteiger partial charge >= 0.3 is 6.03 Å². The lowest BCUT2D eigenvalue weighted by Gasteiger charge is -2.06. The number of rotatable bonds is 3. The minimum absolute atomic E-state index is 0.206. The van der Waals surface area contributed by atoms with Crippen molar-refractivity contribution < 1.29 is 4.79 Å². The molecule has 7 heteroatoms. The van der Waals surface area contributed by atoms with Gasteiger partial charge in [-0.25, -0.2) is 4.79 Å². The van der Waals surface area contributed by atoms with Gasteiger partial charge in [-0.1, -0.05) is 23.8 Å². The summed E-state index contributed by atoms with van der Waals surface area (Å²) in [5.41, 5.74) is 1.19. The zero-order valence-electron chi connectivity index (χ0n) is 10.2. The van der Waals surface area contributed by atoms with E-state index < -0.39 is 6.03 Å². The molecule has 0 atom stereocenters. The highest BCUT2D eigenvalue weighted by Gasteiger charge is 2.13. The number of amides is 2. The fraction of sp³-hybridized carbons (Fsp3) is 0.0833. The van der Waals surface area contributed by atoms with Crippen molar-refractivity contribution in [3.63, 3.8) is 0 Å². The van der Waals surface area contributed by atoms with Crippen LogP contribution in [0.25, 0.3) is 0 Å². The maximum Gasteiger partial charge on any atom is 0.365 e. The molecule has 0 aromatic heterocycles. The Kier molecular flexibility index (Phi) is 4.19. The lowest BCUT2D eigenvalue weighted by atomic mass is 10.2. The van der Waals surface area contributed by atoms with Crippen LogP contribution < -0.4 is 5.32 Å². The smallest absolute Gasteiger partial charge is 0.286 e. The monoisotopic (exact) mass is 273 g/mol. The van der Waals surface area contributed by atoms with Gasteiger partial charge in [0.2, 0.25) is 0 Å². The summed E-state index contributed by atoms with van der Waals surface area (Å²) in [6.07, 6.45) is 3.60. The molecule has 6 nitrogen and oxygen atoms in total. The van der Waals surface area contributed by atoms with Crippen LogP contribution in [0, 0.1) is 0 Å². The molecule has 0 fully saturated rings. The van der Waals surface area contributed by atoms with Gasteiger partial charge in [0.1, 0.15) is 5.70 Å². The van der Waals surface area contributed by atoms with E-state index in [2.05, 4.69) is 32.3 Å². The second-order valence-corrected chi connectivity index (χ2v) is 4.42. The van der Waals surface area contributed by atoms with Gasteiger partial charge in [-0.2, -0.15) is 5.10 Å². The Hall–Kier alpha value is -2.28. The number of nitrogens with one attached hydrogen (secondary N) is 1. The molecule has 1 aliphatic heterocycles. The fourth-order valence-electron chi connectivity index (χ4n) is 1.28. The Morgan fingerprint density at radius 3 is 2.74 bits per heavy atom. The van der Waals surface area contributed by atoms with Gasteiger partial charge in [0.25, 0.3) is 0 Å². The Morgan fingerprint density at radius 2 is 2.05 bits per heavy atom.